The molecule has 0 unspecified atom stereocenters. The molecule has 1 saturated heterocycles. The maximum atomic E-state index is 13.0. The molecule has 1 aromatic carbocycles. The summed E-state index contributed by atoms with van der Waals surface area (Å²) in [7, 11) is 0. The third-order valence-corrected chi connectivity index (χ3v) is 5.60. The van der Waals surface area contributed by atoms with Crippen molar-refractivity contribution in [1.29, 1.82) is 0 Å². The number of rotatable bonds is 5. The van der Waals surface area contributed by atoms with E-state index >= 15 is 0 Å². The lowest BCUT2D eigenvalue weighted by molar-refractivity contribution is -0.136. The Morgan fingerprint density at radius 2 is 1.93 bits per heavy atom. The second-order valence-corrected chi connectivity index (χ2v) is 7.78. The van der Waals surface area contributed by atoms with Crippen LogP contribution in [0.5, 0.6) is 0 Å². The average molecular weight is 437 g/mol. The summed E-state index contributed by atoms with van der Waals surface area (Å²) in [6.45, 7) is 3.70. The zero-order chi connectivity index (χ0) is 20.8. The molecule has 29 heavy (non-hydrogen) atoms. The maximum absolute atomic E-state index is 13.0. The third-order valence-electron chi connectivity index (χ3n) is 4.29. The van der Waals surface area contributed by atoms with Crippen molar-refractivity contribution < 1.29 is 19.1 Å². The fourth-order valence-corrected chi connectivity index (χ4v) is 3.99. The van der Waals surface area contributed by atoms with E-state index in [1.165, 1.54) is 10.6 Å². The smallest absolute Gasteiger partial charge is 0.333 e. The van der Waals surface area contributed by atoms with Gasteiger partial charge in [0.05, 0.1) is 30.4 Å². The van der Waals surface area contributed by atoms with Gasteiger partial charge < -0.3 is 14.4 Å². The number of carbonyl (C=O) groups is 2. The van der Waals surface area contributed by atoms with Gasteiger partial charge in [-0.25, -0.2) is 4.79 Å². The molecule has 1 amide bonds. The predicted octanol–water partition coefficient (Wildman–Crippen LogP) is 0.594. The number of halogens is 1. The Morgan fingerprint density at radius 1 is 1.24 bits per heavy atom. The van der Waals surface area contributed by atoms with Crippen LogP contribution < -0.4 is 14.8 Å². The zero-order valence-electron chi connectivity index (χ0n) is 15.9. The van der Waals surface area contributed by atoms with Gasteiger partial charge in [0.1, 0.15) is 11.2 Å². The first-order valence-electron chi connectivity index (χ1n) is 9.19. The van der Waals surface area contributed by atoms with E-state index in [0.29, 0.717) is 40.5 Å². The van der Waals surface area contributed by atoms with Gasteiger partial charge in [0.25, 0.3) is 5.56 Å². The zero-order valence-corrected chi connectivity index (χ0v) is 17.5. The second-order valence-electron chi connectivity index (χ2n) is 6.28. The van der Waals surface area contributed by atoms with Crippen molar-refractivity contribution in [1.82, 2.24) is 9.47 Å². The van der Waals surface area contributed by atoms with Gasteiger partial charge in [-0.2, -0.15) is 0 Å². The molecule has 1 aliphatic heterocycles. The van der Waals surface area contributed by atoms with Crippen LogP contribution in [0.15, 0.2) is 29.1 Å². The van der Waals surface area contributed by atoms with E-state index in [4.69, 9.17) is 21.1 Å². The molecular weight excluding hydrogens is 416 g/mol. The van der Waals surface area contributed by atoms with Crippen LogP contribution in [0, 0.1) is 0 Å². The number of nitrogens with zero attached hydrogens (tertiary/aromatic N) is 2. The second kappa shape index (κ2) is 9.87. The fraction of sp³-hybridized carbons (Fsp3) is 0.350. The van der Waals surface area contributed by atoms with E-state index in [2.05, 4.69) is 0 Å². The highest BCUT2D eigenvalue weighted by molar-refractivity contribution is 7.07. The molecule has 0 spiro atoms. The Morgan fingerprint density at radius 3 is 2.59 bits per heavy atom. The van der Waals surface area contributed by atoms with Crippen LogP contribution in [0.2, 0.25) is 5.02 Å². The number of carbonyl (C=O) groups excluding carboxylic acids is 2. The highest BCUT2D eigenvalue weighted by Crippen LogP contribution is 2.09. The molecule has 3 rings (SSSR count). The molecule has 1 aliphatic rings. The molecule has 7 nitrogen and oxygen atoms in total. The van der Waals surface area contributed by atoms with Crippen molar-refractivity contribution in [2.75, 3.05) is 32.9 Å². The molecule has 0 bridgehead atoms. The van der Waals surface area contributed by atoms with E-state index in [9.17, 15) is 14.4 Å². The van der Waals surface area contributed by atoms with Gasteiger partial charge in [-0.15, -0.1) is 11.3 Å². The molecule has 1 aromatic heterocycles. The summed E-state index contributed by atoms with van der Waals surface area (Å²) in [5.41, 5.74) is 0.462. The van der Waals surface area contributed by atoms with Gasteiger partial charge >= 0.3 is 5.97 Å². The Balaban J connectivity index is 2.01. The first-order valence-corrected chi connectivity index (χ1v) is 10.4. The van der Waals surface area contributed by atoms with Crippen LogP contribution in [0.1, 0.15) is 12.5 Å². The number of hydrogen-bond donors (Lipinski definition) is 0. The topological polar surface area (TPSA) is 77.8 Å². The number of thiazole rings is 1. The van der Waals surface area contributed by atoms with Crippen LogP contribution in [0.25, 0.3) is 12.2 Å². The molecule has 0 radical (unpaired) electrons. The lowest BCUT2D eigenvalue weighted by atomic mass is 10.2. The number of morpholine rings is 1. The lowest BCUT2D eigenvalue weighted by Gasteiger charge is -2.26. The molecule has 154 valence electrons. The normalized spacial score (nSPS) is 15.6. The molecule has 0 aliphatic carbocycles. The molecule has 2 heterocycles. The van der Waals surface area contributed by atoms with Crippen molar-refractivity contribution >= 4 is 47.0 Å². The Hall–Kier alpha value is -2.42. The first kappa shape index (κ1) is 21.3. The minimum Gasteiger partial charge on any atom is -0.463 e. The van der Waals surface area contributed by atoms with Gasteiger partial charge in [-0.05, 0) is 30.7 Å². The standard InChI is InChI=1S/C20H21ClN2O5S/c1-2-28-19(25)12-18-23(13-17(24)22-7-9-27-10-8-22)20(26)16(29-18)11-14-3-5-15(21)6-4-14/h3-6,11-12H,2,7-10,13H2,1H3. The number of ether oxygens (including phenoxy) is 2. The molecule has 0 atom stereocenters. The number of esters is 1. The van der Waals surface area contributed by atoms with Gasteiger partial charge in [-0.1, -0.05) is 23.7 Å². The SMILES string of the molecule is CCOC(=O)C=c1sc(=Cc2ccc(Cl)cc2)c(=O)n1CC(=O)N1CCOCC1. The average Bonchev–Trinajstić information content (AvgIpc) is 2.99. The van der Waals surface area contributed by atoms with Gasteiger partial charge in [0.15, 0.2) is 0 Å². The Labute approximate surface area is 176 Å². The minimum absolute atomic E-state index is 0.144. The number of hydrogen-bond acceptors (Lipinski definition) is 6. The molecule has 0 saturated carbocycles. The molecular formula is C20H21ClN2O5S. The summed E-state index contributed by atoms with van der Waals surface area (Å²) in [6.07, 6.45) is 2.96. The highest BCUT2D eigenvalue weighted by Gasteiger charge is 2.19. The minimum atomic E-state index is -0.556. The monoisotopic (exact) mass is 436 g/mol. The summed E-state index contributed by atoms with van der Waals surface area (Å²) < 4.78 is 12.3. The van der Waals surface area contributed by atoms with Gasteiger partial charge in [0, 0.05) is 18.1 Å². The quantitative estimate of drug-likeness (QED) is 0.641. The van der Waals surface area contributed by atoms with Crippen LogP contribution in [0.4, 0.5) is 0 Å². The molecule has 1 fully saturated rings. The number of amides is 1. The number of benzene rings is 1. The van der Waals surface area contributed by atoms with Gasteiger partial charge in [0.2, 0.25) is 5.91 Å². The maximum Gasteiger partial charge on any atom is 0.333 e. The Kier molecular flexibility index (Phi) is 7.24. The summed E-state index contributed by atoms with van der Waals surface area (Å²) >= 11 is 7.05. The van der Waals surface area contributed by atoms with Crippen molar-refractivity contribution in [3.63, 3.8) is 0 Å². The van der Waals surface area contributed by atoms with Crippen LogP contribution in [-0.2, 0) is 25.6 Å². The van der Waals surface area contributed by atoms with E-state index in [1.807, 2.05) is 0 Å². The van der Waals surface area contributed by atoms with Crippen LogP contribution >= 0.6 is 22.9 Å². The van der Waals surface area contributed by atoms with E-state index in [-0.39, 0.29) is 24.6 Å². The van der Waals surface area contributed by atoms with E-state index in [0.717, 1.165) is 16.9 Å². The molecule has 0 N–H and O–H groups in total. The first-order chi connectivity index (χ1) is 14.0. The van der Waals surface area contributed by atoms with Crippen LogP contribution in [-0.4, -0.2) is 54.3 Å². The molecule has 2 aromatic rings. The summed E-state index contributed by atoms with van der Waals surface area (Å²) in [6, 6.07) is 7.04. The van der Waals surface area contributed by atoms with E-state index in [1.54, 1.807) is 42.2 Å². The van der Waals surface area contributed by atoms with Crippen molar-refractivity contribution in [3.05, 3.63) is 54.4 Å². The fourth-order valence-electron chi connectivity index (χ4n) is 2.84. The Bertz CT molecular complexity index is 1050. The highest BCUT2D eigenvalue weighted by atomic mass is 35.5. The largest absolute Gasteiger partial charge is 0.463 e. The van der Waals surface area contributed by atoms with Crippen molar-refractivity contribution in [2.45, 2.75) is 13.5 Å². The van der Waals surface area contributed by atoms with E-state index < -0.39 is 5.97 Å². The lowest BCUT2D eigenvalue weighted by Crippen LogP contribution is -2.45. The van der Waals surface area contributed by atoms with Crippen molar-refractivity contribution in [2.24, 2.45) is 0 Å². The predicted molar refractivity (Wildman–Crippen MR) is 111 cm³/mol. The summed E-state index contributed by atoms with van der Waals surface area (Å²) in [5.74, 6) is -0.746. The summed E-state index contributed by atoms with van der Waals surface area (Å²) in [4.78, 5) is 39.2. The van der Waals surface area contributed by atoms with Crippen LogP contribution in [0.3, 0.4) is 0 Å². The summed E-state index contributed by atoms with van der Waals surface area (Å²) in [5, 5.41) is 0.596. The molecule has 9 heteroatoms. The number of aromatic nitrogens is 1. The van der Waals surface area contributed by atoms with Gasteiger partial charge in [-0.3, -0.25) is 14.2 Å². The third kappa shape index (κ3) is 5.56. The van der Waals surface area contributed by atoms with Crippen molar-refractivity contribution in [3.8, 4) is 0 Å².